The molecule has 1 N–H and O–H groups in total. The van der Waals surface area contributed by atoms with Crippen molar-refractivity contribution < 1.29 is 9.32 Å². The fraction of sp³-hybridized carbons (Fsp3) is 0.444. The molecule has 3 heterocycles. The average molecular weight is 326 g/mol. The minimum absolute atomic E-state index is 0.139. The summed E-state index contributed by atoms with van der Waals surface area (Å²) in [5.74, 6) is 1.03. The Labute approximate surface area is 141 Å². The van der Waals surface area contributed by atoms with Crippen LogP contribution in [0.25, 0.3) is 0 Å². The molecule has 6 nitrogen and oxygen atoms in total. The first-order chi connectivity index (χ1) is 11.7. The molecule has 1 aromatic carbocycles. The smallest absolute Gasteiger partial charge is 0.253 e. The lowest BCUT2D eigenvalue weighted by Crippen LogP contribution is -2.48. The van der Waals surface area contributed by atoms with Crippen LogP contribution in [0.1, 0.15) is 32.9 Å². The van der Waals surface area contributed by atoms with Crippen molar-refractivity contribution in [3.05, 3.63) is 52.4 Å². The third-order valence-corrected chi connectivity index (χ3v) is 4.80. The van der Waals surface area contributed by atoms with E-state index in [0.717, 1.165) is 62.8 Å². The molecule has 0 aliphatic carbocycles. The Bertz CT molecular complexity index is 747. The van der Waals surface area contributed by atoms with Gasteiger partial charge in [0.05, 0.1) is 12.2 Å². The molecule has 1 aromatic heterocycles. The molecule has 1 saturated heterocycles. The van der Waals surface area contributed by atoms with Crippen molar-refractivity contribution >= 4 is 5.91 Å². The zero-order valence-corrected chi connectivity index (χ0v) is 13.9. The standard InChI is InChI=1S/C18H22N4O2/c1-13-8-17(24-20-13)12-21-4-6-22(7-5-21)18(23)14-2-3-15-10-19-11-16(15)9-14/h2-3,8-9,19H,4-7,10-12H2,1H3. The molecule has 0 bridgehead atoms. The number of aromatic nitrogens is 1. The van der Waals surface area contributed by atoms with Gasteiger partial charge in [-0.15, -0.1) is 0 Å². The third-order valence-electron chi connectivity index (χ3n) is 4.80. The van der Waals surface area contributed by atoms with E-state index in [9.17, 15) is 4.79 Å². The van der Waals surface area contributed by atoms with Crippen molar-refractivity contribution in [3.8, 4) is 0 Å². The molecule has 24 heavy (non-hydrogen) atoms. The first-order valence-corrected chi connectivity index (χ1v) is 8.45. The maximum atomic E-state index is 12.7. The lowest BCUT2D eigenvalue weighted by Gasteiger charge is -2.34. The minimum atomic E-state index is 0.139. The molecular weight excluding hydrogens is 304 g/mol. The fourth-order valence-corrected chi connectivity index (χ4v) is 3.43. The van der Waals surface area contributed by atoms with Gasteiger partial charge in [-0.2, -0.15) is 0 Å². The number of hydrogen-bond donors (Lipinski definition) is 1. The molecule has 1 fully saturated rings. The zero-order chi connectivity index (χ0) is 16.5. The third kappa shape index (κ3) is 3.07. The number of benzene rings is 1. The molecule has 2 aliphatic heterocycles. The summed E-state index contributed by atoms with van der Waals surface area (Å²) in [5, 5.41) is 7.24. The van der Waals surface area contributed by atoms with Crippen molar-refractivity contribution in [1.82, 2.24) is 20.3 Å². The summed E-state index contributed by atoms with van der Waals surface area (Å²) in [6.45, 7) is 7.67. The first kappa shape index (κ1) is 15.4. The van der Waals surface area contributed by atoms with Gasteiger partial charge in [0.25, 0.3) is 5.91 Å². The van der Waals surface area contributed by atoms with Crippen LogP contribution in [0.4, 0.5) is 0 Å². The highest BCUT2D eigenvalue weighted by atomic mass is 16.5. The van der Waals surface area contributed by atoms with Crippen molar-refractivity contribution in [3.63, 3.8) is 0 Å². The van der Waals surface area contributed by atoms with Gasteiger partial charge in [-0.3, -0.25) is 9.69 Å². The van der Waals surface area contributed by atoms with Crippen LogP contribution < -0.4 is 5.32 Å². The number of aryl methyl sites for hydroxylation is 1. The summed E-state index contributed by atoms with van der Waals surface area (Å²) in [7, 11) is 0. The predicted molar refractivity (Wildman–Crippen MR) is 89.4 cm³/mol. The van der Waals surface area contributed by atoms with Crippen LogP contribution in [0, 0.1) is 6.92 Å². The van der Waals surface area contributed by atoms with Crippen LogP contribution in [0.3, 0.4) is 0 Å². The second-order valence-corrected chi connectivity index (χ2v) is 6.59. The lowest BCUT2D eigenvalue weighted by molar-refractivity contribution is 0.0617. The topological polar surface area (TPSA) is 61.6 Å². The molecule has 2 aromatic rings. The van der Waals surface area contributed by atoms with Crippen molar-refractivity contribution in [2.75, 3.05) is 26.2 Å². The summed E-state index contributed by atoms with van der Waals surface area (Å²) in [6, 6.07) is 8.04. The van der Waals surface area contributed by atoms with Gasteiger partial charge < -0.3 is 14.7 Å². The maximum Gasteiger partial charge on any atom is 0.253 e. The number of rotatable bonds is 3. The van der Waals surface area contributed by atoms with Gasteiger partial charge in [-0.25, -0.2) is 0 Å². The molecule has 0 radical (unpaired) electrons. The molecule has 2 aliphatic rings. The molecular formula is C18H22N4O2. The van der Waals surface area contributed by atoms with Gasteiger partial charge >= 0.3 is 0 Å². The number of nitrogens with one attached hydrogen (secondary N) is 1. The van der Waals surface area contributed by atoms with Gasteiger partial charge in [0.1, 0.15) is 0 Å². The van der Waals surface area contributed by atoms with E-state index in [1.165, 1.54) is 11.1 Å². The Kier molecular flexibility index (Phi) is 4.08. The Balaban J connectivity index is 1.36. The van der Waals surface area contributed by atoms with E-state index in [1.807, 2.05) is 30.0 Å². The van der Waals surface area contributed by atoms with E-state index >= 15 is 0 Å². The van der Waals surface area contributed by atoms with E-state index in [4.69, 9.17) is 4.52 Å². The number of carbonyl (C=O) groups excluding carboxylic acids is 1. The summed E-state index contributed by atoms with van der Waals surface area (Å²) in [5.41, 5.74) is 4.26. The maximum absolute atomic E-state index is 12.7. The van der Waals surface area contributed by atoms with Crippen LogP contribution in [0.5, 0.6) is 0 Å². The summed E-state index contributed by atoms with van der Waals surface area (Å²) >= 11 is 0. The van der Waals surface area contributed by atoms with E-state index in [0.29, 0.717) is 0 Å². The Morgan fingerprint density at radius 1 is 1.17 bits per heavy atom. The highest BCUT2D eigenvalue weighted by molar-refractivity contribution is 5.94. The molecule has 0 unspecified atom stereocenters. The van der Waals surface area contributed by atoms with E-state index in [-0.39, 0.29) is 5.91 Å². The second kappa shape index (κ2) is 6.37. The van der Waals surface area contributed by atoms with Crippen LogP contribution in [-0.2, 0) is 19.6 Å². The largest absolute Gasteiger partial charge is 0.360 e. The lowest BCUT2D eigenvalue weighted by atomic mass is 10.1. The fourth-order valence-electron chi connectivity index (χ4n) is 3.43. The van der Waals surface area contributed by atoms with Gasteiger partial charge in [0.15, 0.2) is 5.76 Å². The number of piperazine rings is 1. The zero-order valence-electron chi connectivity index (χ0n) is 13.9. The monoisotopic (exact) mass is 326 g/mol. The summed E-state index contributed by atoms with van der Waals surface area (Å²) in [6.07, 6.45) is 0. The van der Waals surface area contributed by atoms with E-state index in [2.05, 4.69) is 21.4 Å². The van der Waals surface area contributed by atoms with Gasteiger partial charge in [0, 0.05) is 50.9 Å². The molecule has 126 valence electrons. The Hall–Kier alpha value is -2.18. The van der Waals surface area contributed by atoms with Crippen molar-refractivity contribution in [2.45, 2.75) is 26.6 Å². The van der Waals surface area contributed by atoms with Crippen LogP contribution in [0.15, 0.2) is 28.8 Å². The number of carbonyl (C=O) groups is 1. The van der Waals surface area contributed by atoms with E-state index < -0.39 is 0 Å². The molecule has 6 heteroatoms. The number of fused-ring (bicyclic) bond motifs is 1. The van der Waals surface area contributed by atoms with Gasteiger partial charge in [-0.05, 0) is 30.2 Å². The van der Waals surface area contributed by atoms with Gasteiger partial charge in [0.2, 0.25) is 0 Å². The molecule has 0 atom stereocenters. The normalized spacial score (nSPS) is 18.0. The highest BCUT2D eigenvalue weighted by Crippen LogP contribution is 2.19. The quantitative estimate of drug-likeness (QED) is 0.927. The SMILES string of the molecule is Cc1cc(CN2CCN(C(=O)c3ccc4c(c3)CNC4)CC2)on1. The molecule has 0 spiro atoms. The second-order valence-electron chi connectivity index (χ2n) is 6.59. The Morgan fingerprint density at radius 2 is 1.96 bits per heavy atom. The molecule has 4 rings (SSSR count). The predicted octanol–water partition coefficient (Wildman–Crippen LogP) is 1.54. The number of nitrogens with zero attached hydrogens (tertiary/aromatic N) is 3. The van der Waals surface area contributed by atoms with Crippen molar-refractivity contribution in [1.29, 1.82) is 0 Å². The van der Waals surface area contributed by atoms with Gasteiger partial charge in [-0.1, -0.05) is 11.2 Å². The average Bonchev–Trinajstić information content (AvgIpc) is 3.23. The Morgan fingerprint density at radius 3 is 2.71 bits per heavy atom. The summed E-state index contributed by atoms with van der Waals surface area (Å²) in [4.78, 5) is 17.0. The van der Waals surface area contributed by atoms with Crippen LogP contribution in [0.2, 0.25) is 0 Å². The highest BCUT2D eigenvalue weighted by Gasteiger charge is 2.23. The number of amides is 1. The van der Waals surface area contributed by atoms with Crippen LogP contribution in [-0.4, -0.2) is 47.0 Å². The first-order valence-electron chi connectivity index (χ1n) is 8.45. The van der Waals surface area contributed by atoms with Crippen LogP contribution >= 0.6 is 0 Å². The van der Waals surface area contributed by atoms with Crippen molar-refractivity contribution in [2.24, 2.45) is 0 Å². The number of hydrogen-bond acceptors (Lipinski definition) is 5. The molecule has 0 saturated carbocycles. The minimum Gasteiger partial charge on any atom is -0.360 e. The summed E-state index contributed by atoms with van der Waals surface area (Å²) < 4.78 is 5.28. The van der Waals surface area contributed by atoms with E-state index in [1.54, 1.807) is 0 Å². The molecule has 1 amide bonds.